The van der Waals surface area contributed by atoms with Gasteiger partial charge in [0.2, 0.25) is 0 Å². The first-order valence-electron chi connectivity index (χ1n) is 5.61. The van der Waals surface area contributed by atoms with Crippen LogP contribution in [0.4, 0.5) is 4.79 Å². The van der Waals surface area contributed by atoms with E-state index >= 15 is 0 Å². The van der Waals surface area contributed by atoms with E-state index in [2.05, 4.69) is 10.9 Å². The maximum absolute atomic E-state index is 11.3. The molecule has 0 heterocycles. The molecule has 2 N–H and O–H groups in total. The molecule has 5 nitrogen and oxygen atoms in total. The lowest BCUT2D eigenvalue weighted by Crippen LogP contribution is -2.40. The number of nitriles is 1. The van der Waals surface area contributed by atoms with Crippen molar-refractivity contribution in [3.05, 3.63) is 35.4 Å². The fourth-order valence-corrected chi connectivity index (χ4v) is 1.22. The van der Waals surface area contributed by atoms with Gasteiger partial charge in [0.1, 0.15) is 5.60 Å². The molecule has 0 bridgehead atoms. The number of rotatable bonds is 3. The van der Waals surface area contributed by atoms with Crippen LogP contribution in [0.25, 0.3) is 0 Å². The van der Waals surface area contributed by atoms with Crippen LogP contribution in [0.5, 0.6) is 0 Å². The Morgan fingerprint density at radius 3 is 2.44 bits per heavy atom. The minimum atomic E-state index is -0.517. The predicted octanol–water partition coefficient (Wildman–Crippen LogP) is 2.09. The molecular formula is C13H17N3O2. The van der Waals surface area contributed by atoms with Crippen LogP contribution in [0, 0.1) is 11.3 Å². The van der Waals surface area contributed by atoms with Crippen LogP contribution < -0.4 is 10.9 Å². The van der Waals surface area contributed by atoms with Gasteiger partial charge < -0.3 is 4.74 Å². The molecule has 0 fully saturated rings. The molecule has 5 heteroatoms. The van der Waals surface area contributed by atoms with Crippen molar-refractivity contribution in [1.29, 1.82) is 5.26 Å². The van der Waals surface area contributed by atoms with Gasteiger partial charge in [0.05, 0.1) is 11.6 Å². The van der Waals surface area contributed by atoms with E-state index in [9.17, 15) is 4.79 Å². The van der Waals surface area contributed by atoms with Gasteiger partial charge in [-0.1, -0.05) is 12.1 Å². The molecule has 0 spiro atoms. The summed E-state index contributed by atoms with van der Waals surface area (Å²) in [7, 11) is 0. The smallest absolute Gasteiger partial charge is 0.422 e. The van der Waals surface area contributed by atoms with Gasteiger partial charge in [0.25, 0.3) is 0 Å². The summed E-state index contributed by atoms with van der Waals surface area (Å²) < 4.78 is 5.06. The maximum Gasteiger partial charge on any atom is 0.422 e. The third-order valence-corrected chi connectivity index (χ3v) is 1.96. The Hall–Kier alpha value is -2.06. The Balaban J connectivity index is 2.33. The summed E-state index contributed by atoms with van der Waals surface area (Å²) in [6.07, 6.45) is -0.517. The number of carbonyl (C=O) groups is 1. The van der Waals surface area contributed by atoms with E-state index in [0.29, 0.717) is 12.1 Å². The molecule has 1 aromatic rings. The van der Waals surface area contributed by atoms with Crippen molar-refractivity contribution in [3.8, 4) is 6.07 Å². The van der Waals surface area contributed by atoms with Crippen molar-refractivity contribution in [1.82, 2.24) is 10.9 Å². The minimum absolute atomic E-state index is 0.463. The topological polar surface area (TPSA) is 74.2 Å². The van der Waals surface area contributed by atoms with Crippen molar-refractivity contribution in [3.63, 3.8) is 0 Å². The van der Waals surface area contributed by atoms with E-state index in [0.717, 1.165) is 5.56 Å². The van der Waals surface area contributed by atoms with Crippen LogP contribution in [0.3, 0.4) is 0 Å². The molecule has 1 aromatic carbocycles. The normalized spacial score (nSPS) is 10.6. The van der Waals surface area contributed by atoms with Gasteiger partial charge >= 0.3 is 6.09 Å². The van der Waals surface area contributed by atoms with Crippen LogP contribution in [-0.4, -0.2) is 11.7 Å². The number of hydrogen-bond acceptors (Lipinski definition) is 4. The second-order valence-corrected chi connectivity index (χ2v) is 4.79. The SMILES string of the molecule is CC(C)(C)OC(=O)NNCc1ccc(C#N)cc1. The number of hydrogen-bond donors (Lipinski definition) is 2. The molecule has 0 aliphatic heterocycles. The van der Waals surface area contributed by atoms with Gasteiger partial charge in [0, 0.05) is 6.54 Å². The first-order valence-corrected chi connectivity index (χ1v) is 5.61. The number of hydrazine groups is 1. The zero-order chi connectivity index (χ0) is 13.6. The summed E-state index contributed by atoms with van der Waals surface area (Å²) in [6.45, 7) is 5.86. The van der Waals surface area contributed by atoms with E-state index in [4.69, 9.17) is 10.00 Å². The van der Waals surface area contributed by atoms with E-state index in [1.807, 2.05) is 18.2 Å². The Morgan fingerprint density at radius 1 is 1.33 bits per heavy atom. The number of amides is 1. The van der Waals surface area contributed by atoms with Crippen molar-refractivity contribution in [2.24, 2.45) is 0 Å². The lowest BCUT2D eigenvalue weighted by molar-refractivity contribution is 0.0497. The first kappa shape index (κ1) is 14.0. The second-order valence-electron chi connectivity index (χ2n) is 4.79. The fraction of sp³-hybridized carbons (Fsp3) is 0.385. The zero-order valence-corrected chi connectivity index (χ0v) is 10.8. The summed E-state index contributed by atoms with van der Waals surface area (Å²) in [4.78, 5) is 11.3. The molecule has 1 amide bonds. The number of benzene rings is 1. The third-order valence-electron chi connectivity index (χ3n) is 1.96. The standard InChI is InChI=1S/C13H17N3O2/c1-13(2,3)18-12(17)16-15-9-11-6-4-10(8-14)5-7-11/h4-7,15H,9H2,1-3H3,(H,16,17). The predicted molar refractivity (Wildman–Crippen MR) is 67.4 cm³/mol. The molecular weight excluding hydrogens is 230 g/mol. The van der Waals surface area contributed by atoms with Crippen molar-refractivity contribution < 1.29 is 9.53 Å². The van der Waals surface area contributed by atoms with Gasteiger partial charge in [0.15, 0.2) is 0 Å². The van der Waals surface area contributed by atoms with Gasteiger partial charge in [-0.2, -0.15) is 5.26 Å². The molecule has 0 unspecified atom stereocenters. The lowest BCUT2D eigenvalue weighted by atomic mass is 10.1. The van der Waals surface area contributed by atoms with Crippen molar-refractivity contribution in [2.75, 3.05) is 0 Å². The average Bonchev–Trinajstić information content (AvgIpc) is 2.27. The Kier molecular flexibility index (Phi) is 4.69. The highest BCUT2D eigenvalue weighted by atomic mass is 16.6. The van der Waals surface area contributed by atoms with Crippen LogP contribution in [0.1, 0.15) is 31.9 Å². The summed E-state index contributed by atoms with van der Waals surface area (Å²) in [5, 5.41) is 8.65. The average molecular weight is 247 g/mol. The second kappa shape index (κ2) is 6.03. The van der Waals surface area contributed by atoms with E-state index in [1.54, 1.807) is 32.9 Å². The molecule has 0 saturated heterocycles. The number of carbonyl (C=O) groups excluding carboxylic acids is 1. The van der Waals surface area contributed by atoms with Crippen LogP contribution in [-0.2, 0) is 11.3 Å². The number of nitrogens with zero attached hydrogens (tertiary/aromatic N) is 1. The Labute approximate surface area is 107 Å². The lowest BCUT2D eigenvalue weighted by Gasteiger charge is -2.19. The fourth-order valence-electron chi connectivity index (χ4n) is 1.22. The van der Waals surface area contributed by atoms with Gasteiger partial charge in [-0.15, -0.1) is 0 Å². The van der Waals surface area contributed by atoms with Crippen LogP contribution >= 0.6 is 0 Å². The number of nitrogens with one attached hydrogen (secondary N) is 2. The molecule has 96 valence electrons. The summed E-state index contributed by atoms with van der Waals surface area (Å²) in [5.41, 5.74) is 6.25. The van der Waals surface area contributed by atoms with Crippen molar-refractivity contribution in [2.45, 2.75) is 32.9 Å². The molecule has 0 atom stereocenters. The van der Waals surface area contributed by atoms with Crippen molar-refractivity contribution >= 4 is 6.09 Å². The maximum atomic E-state index is 11.3. The highest BCUT2D eigenvalue weighted by Crippen LogP contribution is 2.06. The molecule has 0 aliphatic carbocycles. The Bertz CT molecular complexity index is 441. The number of ether oxygens (including phenoxy) is 1. The third kappa shape index (κ3) is 5.32. The zero-order valence-electron chi connectivity index (χ0n) is 10.8. The van der Waals surface area contributed by atoms with Crippen LogP contribution in [0.15, 0.2) is 24.3 Å². The first-order chi connectivity index (χ1) is 8.40. The molecule has 0 saturated carbocycles. The summed E-state index contributed by atoms with van der Waals surface area (Å²) in [5.74, 6) is 0. The van der Waals surface area contributed by atoms with E-state index in [-0.39, 0.29) is 0 Å². The molecule has 0 aromatic heterocycles. The molecule has 0 radical (unpaired) electrons. The minimum Gasteiger partial charge on any atom is -0.443 e. The van der Waals surface area contributed by atoms with E-state index in [1.165, 1.54) is 0 Å². The summed E-state index contributed by atoms with van der Waals surface area (Å²) in [6, 6.07) is 9.14. The van der Waals surface area contributed by atoms with E-state index < -0.39 is 11.7 Å². The van der Waals surface area contributed by atoms with Gasteiger partial charge in [-0.05, 0) is 38.5 Å². The molecule has 0 aliphatic rings. The summed E-state index contributed by atoms with van der Waals surface area (Å²) >= 11 is 0. The van der Waals surface area contributed by atoms with Gasteiger partial charge in [-0.3, -0.25) is 5.43 Å². The largest absolute Gasteiger partial charge is 0.443 e. The highest BCUT2D eigenvalue weighted by Gasteiger charge is 2.15. The Morgan fingerprint density at radius 2 is 1.94 bits per heavy atom. The van der Waals surface area contributed by atoms with Crippen LogP contribution in [0.2, 0.25) is 0 Å². The monoisotopic (exact) mass is 247 g/mol. The quantitative estimate of drug-likeness (QED) is 0.802. The van der Waals surface area contributed by atoms with Gasteiger partial charge in [-0.25, -0.2) is 10.2 Å². The molecule has 18 heavy (non-hydrogen) atoms. The molecule has 1 rings (SSSR count). The highest BCUT2D eigenvalue weighted by molar-refractivity contribution is 5.66.